The van der Waals surface area contributed by atoms with E-state index in [1.165, 1.54) is 12.8 Å². The summed E-state index contributed by atoms with van der Waals surface area (Å²) in [5.41, 5.74) is 2.10. The van der Waals surface area contributed by atoms with Gasteiger partial charge in [-0.15, -0.1) is 0 Å². The van der Waals surface area contributed by atoms with Gasteiger partial charge in [0.2, 0.25) is 0 Å². The highest BCUT2D eigenvalue weighted by Gasteiger charge is 2.16. The third kappa shape index (κ3) is 2.18. The highest BCUT2D eigenvalue weighted by atomic mass is 79.9. The molecule has 2 aromatic rings. The maximum Gasteiger partial charge on any atom is 0.131 e. The van der Waals surface area contributed by atoms with Gasteiger partial charge in [-0.2, -0.15) is 0 Å². The Labute approximate surface area is 121 Å². The van der Waals surface area contributed by atoms with Crippen molar-refractivity contribution in [1.82, 2.24) is 4.98 Å². The van der Waals surface area contributed by atoms with E-state index in [0.29, 0.717) is 0 Å². The van der Waals surface area contributed by atoms with Gasteiger partial charge in [-0.05, 0) is 59.5 Å². The first-order valence-electron chi connectivity index (χ1n) is 6.59. The molecule has 1 saturated heterocycles. The fourth-order valence-electron chi connectivity index (χ4n) is 2.74. The third-order valence-electron chi connectivity index (χ3n) is 3.69. The monoisotopic (exact) mass is 320 g/mol. The number of ether oxygens (including phenoxy) is 1. The van der Waals surface area contributed by atoms with Crippen LogP contribution in [0.5, 0.6) is 5.75 Å². The largest absolute Gasteiger partial charge is 0.496 e. The van der Waals surface area contributed by atoms with Crippen molar-refractivity contribution in [3.05, 3.63) is 28.2 Å². The van der Waals surface area contributed by atoms with Crippen LogP contribution in [0.1, 0.15) is 18.4 Å². The highest BCUT2D eigenvalue weighted by Crippen LogP contribution is 2.35. The van der Waals surface area contributed by atoms with Crippen molar-refractivity contribution in [2.24, 2.45) is 0 Å². The molecule has 1 fully saturated rings. The lowest BCUT2D eigenvalue weighted by molar-refractivity contribution is 0.416. The Kier molecular flexibility index (Phi) is 3.35. The molecule has 1 aliphatic heterocycles. The summed E-state index contributed by atoms with van der Waals surface area (Å²) in [6.07, 6.45) is 2.52. The fraction of sp³-hybridized carbons (Fsp3) is 0.400. The van der Waals surface area contributed by atoms with Crippen molar-refractivity contribution < 1.29 is 4.74 Å². The topological polar surface area (TPSA) is 25.4 Å². The van der Waals surface area contributed by atoms with E-state index in [2.05, 4.69) is 46.0 Å². The molecule has 2 heterocycles. The number of benzene rings is 1. The predicted octanol–water partition coefficient (Wildman–Crippen LogP) is 3.91. The lowest BCUT2D eigenvalue weighted by atomic mass is 10.1. The van der Waals surface area contributed by atoms with Crippen LogP contribution < -0.4 is 9.64 Å². The minimum Gasteiger partial charge on any atom is -0.496 e. The fourth-order valence-corrected chi connectivity index (χ4v) is 3.39. The van der Waals surface area contributed by atoms with Gasteiger partial charge in [0.15, 0.2) is 0 Å². The molecule has 0 radical (unpaired) electrons. The molecule has 1 aromatic carbocycles. The first kappa shape index (κ1) is 12.7. The lowest BCUT2D eigenvalue weighted by Gasteiger charge is -2.18. The number of halogens is 1. The Balaban J connectivity index is 2.17. The van der Waals surface area contributed by atoms with E-state index >= 15 is 0 Å². The summed E-state index contributed by atoms with van der Waals surface area (Å²) in [7, 11) is 1.71. The summed E-state index contributed by atoms with van der Waals surface area (Å²) < 4.78 is 6.53. The summed E-state index contributed by atoms with van der Waals surface area (Å²) >= 11 is 3.62. The van der Waals surface area contributed by atoms with E-state index in [4.69, 9.17) is 9.72 Å². The van der Waals surface area contributed by atoms with Gasteiger partial charge < -0.3 is 9.64 Å². The third-order valence-corrected chi connectivity index (χ3v) is 4.29. The zero-order valence-corrected chi connectivity index (χ0v) is 12.8. The number of rotatable bonds is 2. The molecule has 3 rings (SSSR count). The Hall–Kier alpha value is -1.29. The summed E-state index contributed by atoms with van der Waals surface area (Å²) in [4.78, 5) is 7.15. The van der Waals surface area contributed by atoms with Crippen molar-refractivity contribution in [2.45, 2.75) is 19.8 Å². The molecule has 19 heavy (non-hydrogen) atoms. The van der Waals surface area contributed by atoms with E-state index in [0.717, 1.165) is 45.6 Å². The zero-order valence-electron chi connectivity index (χ0n) is 11.2. The van der Waals surface area contributed by atoms with E-state index in [-0.39, 0.29) is 0 Å². The normalized spacial score (nSPS) is 15.2. The Morgan fingerprint density at radius 2 is 2.00 bits per heavy atom. The van der Waals surface area contributed by atoms with Crippen molar-refractivity contribution in [3.63, 3.8) is 0 Å². The Morgan fingerprint density at radius 1 is 1.26 bits per heavy atom. The number of pyridine rings is 1. The summed E-state index contributed by atoms with van der Waals surface area (Å²) in [5, 5.41) is 1.07. The van der Waals surface area contributed by atoms with Gasteiger partial charge in [0.1, 0.15) is 11.6 Å². The second-order valence-corrected chi connectivity index (χ2v) is 5.82. The minimum atomic E-state index is 0.915. The molecule has 0 unspecified atom stereocenters. The van der Waals surface area contributed by atoms with Gasteiger partial charge >= 0.3 is 0 Å². The van der Waals surface area contributed by atoms with Gasteiger partial charge in [0, 0.05) is 22.9 Å². The number of fused-ring (bicyclic) bond motifs is 1. The van der Waals surface area contributed by atoms with Gasteiger partial charge in [0.05, 0.1) is 12.6 Å². The molecular formula is C15H17BrN2O. The van der Waals surface area contributed by atoms with E-state index in [1.54, 1.807) is 7.11 Å². The molecule has 0 N–H and O–H groups in total. The highest BCUT2D eigenvalue weighted by molar-refractivity contribution is 9.10. The molecule has 100 valence electrons. The van der Waals surface area contributed by atoms with Crippen LogP contribution in [0, 0.1) is 6.92 Å². The second kappa shape index (κ2) is 5.00. The number of aromatic nitrogens is 1. The Morgan fingerprint density at radius 3 is 2.68 bits per heavy atom. The molecule has 0 atom stereocenters. The Bertz CT molecular complexity index is 621. The van der Waals surface area contributed by atoms with Gasteiger partial charge in [0.25, 0.3) is 0 Å². The predicted molar refractivity (Wildman–Crippen MR) is 82.2 cm³/mol. The van der Waals surface area contributed by atoms with Crippen LogP contribution in [0.4, 0.5) is 5.82 Å². The van der Waals surface area contributed by atoms with E-state index in [1.807, 2.05) is 0 Å². The molecule has 3 nitrogen and oxygen atoms in total. The van der Waals surface area contributed by atoms with Crippen LogP contribution in [0.2, 0.25) is 0 Å². The zero-order chi connectivity index (χ0) is 13.4. The number of aryl methyl sites for hydroxylation is 1. The molecule has 0 saturated carbocycles. The molecule has 1 aromatic heterocycles. The first-order valence-corrected chi connectivity index (χ1v) is 7.39. The molecule has 0 amide bonds. The molecule has 1 aliphatic rings. The average Bonchev–Trinajstić information content (AvgIpc) is 2.93. The smallest absolute Gasteiger partial charge is 0.131 e. The number of hydrogen-bond acceptors (Lipinski definition) is 3. The SMILES string of the molecule is COc1c(C)cc(Br)c2nc(N3CCCC3)ccc12. The van der Waals surface area contributed by atoms with Crippen molar-refractivity contribution >= 4 is 32.7 Å². The van der Waals surface area contributed by atoms with Gasteiger partial charge in [-0.25, -0.2) is 4.98 Å². The van der Waals surface area contributed by atoms with Crippen molar-refractivity contribution in [2.75, 3.05) is 25.1 Å². The van der Waals surface area contributed by atoms with Crippen LogP contribution in [0.15, 0.2) is 22.7 Å². The van der Waals surface area contributed by atoms with E-state index in [9.17, 15) is 0 Å². The van der Waals surface area contributed by atoms with Crippen molar-refractivity contribution in [3.8, 4) is 5.75 Å². The molecule has 4 heteroatoms. The van der Waals surface area contributed by atoms with Crippen LogP contribution in [-0.4, -0.2) is 25.2 Å². The number of methoxy groups -OCH3 is 1. The second-order valence-electron chi connectivity index (χ2n) is 4.97. The van der Waals surface area contributed by atoms with Crippen LogP contribution in [0.25, 0.3) is 10.9 Å². The van der Waals surface area contributed by atoms with Crippen LogP contribution in [-0.2, 0) is 0 Å². The number of nitrogens with zero attached hydrogens (tertiary/aromatic N) is 2. The molecule has 0 aliphatic carbocycles. The molecule has 0 spiro atoms. The average molecular weight is 321 g/mol. The van der Waals surface area contributed by atoms with Crippen LogP contribution in [0.3, 0.4) is 0 Å². The number of hydrogen-bond donors (Lipinski definition) is 0. The minimum absolute atomic E-state index is 0.915. The lowest BCUT2D eigenvalue weighted by Crippen LogP contribution is -2.18. The standard InChI is InChI=1S/C15H17BrN2O/c1-10-9-12(16)14-11(15(10)19-2)5-6-13(17-14)18-7-3-4-8-18/h5-6,9H,3-4,7-8H2,1-2H3. The molecule has 0 bridgehead atoms. The number of anilines is 1. The van der Waals surface area contributed by atoms with Crippen LogP contribution >= 0.6 is 15.9 Å². The molecular weight excluding hydrogens is 304 g/mol. The maximum absolute atomic E-state index is 5.50. The van der Waals surface area contributed by atoms with Gasteiger partial charge in [-0.1, -0.05) is 0 Å². The van der Waals surface area contributed by atoms with Gasteiger partial charge in [-0.3, -0.25) is 0 Å². The maximum atomic E-state index is 5.50. The first-order chi connectivity index (χ1) is 9.20. The summed E-state index contributed by atoms with van der Waals surface area (Å²) in [6.45, 7) is 4.27. The summed E-state index contributed by atoms with van der Waals surface area (Å²) in [6, 6.07) is 6.29. The van der Waals surface area contributed by atoms with Crippen molar-refractivity contribution in [1.29, 1.82) is 0 Å². The quantitative estimate of drug-likeness (QED) is 0.838. The summed E-state index contributed by atoms with van der Waals surface area (Å²) in [5.74, 6) is 1.98. The van der Waals surface area contributed by atoms with E-state index < -0.39 is 0 Å².